The smallest absolute Gasteiger partial charge is 0.0621 e. The summed E-state index contributed by atoms with van der Waals surface area (Å²) in [6.45, 7) is 10.9. The van der Waals surface area contributed by atoms with Crippen LogP contribution in [0.4, 0.5) is 0 Å². The molecule has 56 valence electrons. The van der Waals surface area contributed by atoms with Crippen molar-refractivity contribution in [2.45, 2.75) is 26.7 Å². The maximum atomic E-state index is 7.82. The molecule has 1 heteroatoms. The molecule has 0 saturated heterocycles. The number of hydrogen-bond donors (Lipinski definition) is 0. The Hall–Kier alpha value is -1.03. The van der Waals surface area contributed by atoms with Crippen molar-refractivity contribution in [1.29, 1.82) is 5.26 Å². The van der Waals surface area contributed by atoms with Crippen LogP contribution < -0.4 is 0 Å². The highest BCUT2D eigenvalue weighted by atomic mass is 14.2. The van der Waals surface area contributed by atoms with E-state index in [2.05, 4.69) is 13.2 Å². The van der Waals surface area contributed by atoms with E-state index in [1.165, 1.54) is 0 Å². The first kappa shape index (κ1) is 11.7. The minimum absolute atomic E-state index is 0.694. The van der Waals surface area contributed by atoms with Crippen LogP contribution in [-0.4, -0.2) is 0 Å². The molecule has 0 aliphatic rings. The summed E-state index contributed by atoms with van der Waals surface area (Å²) in [5.41, 5.74) is 1.02. The van der Waals surface area contributed by atoms with Crippen molar-refractivity contribution in [2.24, 2.45) is 0 Å². The van der Waals surface area contributed by atoms with Crippen LogP contribution in [0.1, 0.15) is 26.7 Å². The SMILES string of the molecule is C=CC(=C)C.CCCC#N. The molecule has 0 rings (SSSR count). The average Bonchev–Trinajstić information content (AvgIpc) is 1.91. The monoisotopic (exact) mass is 137 g/mol. The molecule has 0 aromatic rings. The summed E-state index contributed by atoms with van der Waals surface area (Å²) in [7, 11) is 0. The fourth-order valence-corrected chi connectivity index (χ4v) is 0.112. The quantitative estimate of drug-likeness (QED) is 0.536. The molecule has 0 bridgehead atoms. The van der Waals surface area contributed by atoms with Gasteiger partial charge in [0.05, 0.1) is 6.07 Å². The van der Waals surface area contributed by atoms with Crippen molar-refractivity contribution in [3.05, 3.63) is 24.8 Å². The summed E-state index contributed by atoms with van der Waals surface area (Å²) in [4.78, 5) is 0. The molecule has 0 aromatic heterocycles. The molecule has 0 N–H and O–H groups in total. The molecule has 0 aromatic carbocycles. The zero-order valence-electron chi connectivity index (χ0n) is 6.85. The lowest BCUT2D eigenvalue weighted by atomic mass is 10.4. The molecule has 0 saturated carbocycles. The summed E-state index contributed by atoms with van der Waals surface area (Å²) >= 11 is 0. The molecule has 0 amide bonds. The third kappa shape index (κ3) is 28.2. The van der Waals surface area contributed by atoms with E-state index in [1.54, 1.807) is 6.08 Å². The van der Waals surface area contributed by atoms with Crippen molar-refractivity contribution in [2.75, 3.05) is 0 Å². The van der Waals surface area contributed by atoms with E-state index < -0.39 is 0 Å². The summed E-state index contributed by atoms with van der Waals surface area (Å²) in [5.74, 6) is 0. The van der Waals surface area contributed by atoms with Crippen LogP contribution in [0.15, 0.2) is 24.8 Å². The molecule has 0 fully saturated rings. The van der Waals surface area contributed by atoms with Gasteiger partial charge in [0.15, 0.2) is 0 Å². The van der Waals surface area contributed by atoms with Gasteiger partial charge in [0.1, 0.15) is 0 Å². The molecule has 0 unspecified atom stereocenters. The van der Waals surface area contributed by atoms with Crippen LogP contribution in [0.2, 0.25) is 0 Å². The van der Waals surface area contributed by atoms with Crippen molar-refractivity contribution >= 4 is 0 Å². The zero-order valence-corrected chi connectivity index (χ0v) is 6.85. The van der Waals surface area contributed by atoms with E-state index in [9.17, 15) is 0 Å². The number of allylic oxidation sites excluding steroid dienone is 2. The molecular formula is C9H15N. The zero-order chi connectivity index (χ0) is 8.41. The molecule has 0 radical (unpaired) electrons. The van der Waals surface area contributed by atoms with Crippen LogP contribution in [0, 0.1) is 11.3 Å². The van der Waals surface area contributed by atoms with Crippen LogP contribution >= 0.6 is 0 Å². The molecular weight excluding hydrogens is 122 g/mol. The Bertz CT molecular complexity index is 128. The van der Waals surface area contributed by atoms with E-state index >= 15 is 0 Å². The first-order valence-corrected chi connectivity index (χ1v) is 3.33. The van der Waals surface area contributed by atoms with Crippen molar-refractivity contribution in [1.82, 2.24) is 0 Å². The minimum atomic E-state index is 0.694. The Morgan fingerprint density at radius 1 is 1.70 bits per heavy atom. The Balaban J connectivity index is 0. The van der Waals surface area contributed by atoms with Crippen LogP contribution in [0.25, 0.3) is 0 Å². The van der Waals surface area contributed by atoms with E-state index in [0.29, 0.717) is 6.42 Å². The van der Waals surface area contributed by atoms with Gasteiger partial charge in [-0.15, -0.1) is 0 Å². The summed E-state index contributed by atoms with van der Waals surface area (Å²) < 4.78 is 0. The molecule has 1 nitrogen and oxygen atoms in total. The van der Waals surface area contributed by atoms with E-state index in [1.807, 2.05) is 19.9 Å². The molecule has 0 aliphatic heterocycles. The maximum absolute atomic E-state index is 7.82. The molecule has 0 atom stereocenters. The summed E-state index contributed by atoms with van der Waals surface area (Å²) in [5, 5.41) is 7.82. The topological polar surface area (TPSA) is 23.8 Å². The van der Waals surface area contributed by atoms with Crippen LogP contribution in [-0.2, 0) is 0 Å². The highest BCUT2D eigenvalue weighted by Crippen LogP contribution is 1.81. The van der Waals surface area contributed by atoms with Gasteiger partial charge in [-0.3, -0.25) is 0 Å². The largest absolute Gasteiger partial charge is 0.198 e. The lowest BCUT2D eigenvalue weighted by molar-refractivity contribution is 0.969. The van der Waals surface area contributed by atoms with Gasteiger partial charge in [0.2, 0.25) is 0 Å². The molecule has 0 heterocycles. The normalized spacial score (nSPS) is 6.50. The lowest BCUT2D eigenvalue weighted by Gasteiger charge is -1.71. The van der Waals surface area contributed by atoms with E-state index in [-0.39, 0.29) is 0 Å². The fourth-order valence-electron chi connectivity index (χ4n) is 0.112. The number of nitrogens with zero attached hydrogens (tertiary/aromatic N) is 1. The third-order valence-electron chi connectivity index (χ3n) is 0.710. The van der Waals surface area contributed by atoms with Gasteiger partial charge in [0, 0.05) is 6.42 Å². The molecule has 10 heavy (non-hydrogen) atoms. The second-order valence-electron chi connectivity index (χ2n) is 1.96. The predicted molar refractivity (Wildman–Crippen MR) is 45.5 cm³/mol. The van der Waals surface area contributed by atoms with Gasteiger partial charge in [-0.2, -0.15) is 5.26 Å². The van der Waals surface area contributed by atoms with E-state index in [0.717, 1.165) is 12.0 Å². The number of unbranched alkanes of at least 4 members (excludes halogenated alkanes) is 1. The van der Waals surface area contributed by atoms with Gasteiger partial charge in [-0.1, -0.05) is 31.7 Å². The highest BCUT2D eigenvalue weighted by molar-refractivity contribution is 5.05. The Kier molecular flexibility index (Phi) is 12.7. The number of nitriles is 1. The number of hydrogen-bond acceptors (Lipinski definition) is 1. The van der Waals surface area contributed by atoms with E-state index in [4.69, 9.17) is 5.26 Å². The van der Waals surface area contributed by atoms with Gasteiger partial charge in [0.25, 0.3) is 0 Å². The first-order valence-electron chi connectivity index (χ1n) is 3.33. The third-order valence-corrected chi connectivity index (χ3v) is 0.710. The predicted octanol–water partition coefficient (Wildman–Crippen LogP) is 3.06. The summed E-state index contributed by atoms with van der Waals surface area (Å²) in [6, 6.07) is 2.02. The second-order valence-corrected chi connectivity index (χ2v) is 1.96. The van der Waals surface area contributed by atoms with Crippen molar-refractivity contribution < 1.29 is 0 Å². The lowest BCUT2D eigenvalue weighted by Crippen LogP contribution is -1.53. The van der Waals surface area contributed by atoms with Gasteiger partial charge in [-0.25, -0.2) is 0 Å². The fraction of sp³-hybridized carbons (Fsp3) is 0.444. The standard InChI is InChI=1S/C5H8.C4H7N/c1-4-5(2)3;1-2-3-4-5/h4H,1-2H2,3H3;2-3H2,1H3. The average molecular weight is 137 g/mol. The Labute approximate surface area is 63.7 Å². The van der Waals surface area contributed by atoms with Crippen molar-refractivity contribution in [3.8, 4) is 6.07 Å². The van der Waals surface area contributed by atoms with Gasteiger partial charge < -0.3 is 0 Å². The minimum Gasteiger partial charge on any atom is -0.198 e. The molecule has 0 aliphatic carbocycles. The molecule has 0 spiro atoms. The Morgan fingerprint density at radius 3 is 2.10 bits per heavy atom. The van der Waals surface area contributed by atoms with Gasteiger partial charge in [-0.05, 0) is 13.3 Å². The summed E-state index contributed by atoms with van der Waals surface area (Å²) in [6.07, 6.45) is 3.40. The van der Waals surface area contributed by atoms with Crippen LogP contribution in [0.3, 0.4) is 0 Å². The first-order chi connectivity index (χ1) is 4.68. The Morgan fingerprint density at radius 2 is 2.10 bits per heavy atom. The highest BCUT2D eigenvalue weighted by Gasteiger charge is 1.65. The van der Waals surface area contributed by atoms with Crippen LogP contribution in [0.5, 0.6) is 0 Å². The number of rotatable bonds is 2. The van der Waals surface area contributed by atoms with Gasteiger partial charge >= 0.3 is 0 Å². The second kappa shape index (κ2) is 10.9. The maximum Gasteiger partial charge on any atom is 0.0621 e. The van der Waals surface area contributed by atoms with Crippen molar-refractivity contribution in [3.63, 3.8) is 0 Å².